The van der Waals surface area contributed by atoms with Crippen molar-refractivity contribution in [2.75, 3.05) is 0 Å². The van der Waals surface area contributed by atoms with E-state index >= 15 is 0 Å². The third-order valence-electron chi connectivity index (χ3n) is 1.33. The van der Waals surface area contributed by atoms with Crippen molar-refractivity contribution >= 4 is 12.3 Å². The molecule has 0 saturated carbocycles. The summed E-state index contributed by atoms with van der Waals surface area (Å²) in [6, 6.07) is 0. The van der Waals surface area contributed by atoms with Crippen LogP contribution in [0.4, 0.5) is 0 Å². The number of carboxylic acid groups (broad SMARTS) is 1. The van der Waals surface area contributed by atoms with Crippen molar-refractivity contribution < 1.29 is 19.8 Å². The van der Waals surface area contributed by atoms with Gasteiger partial charge < -0.3 is 20.7 Å². The van der Waals surface area contributed by atoms with Crippen LogP contribution < -0.4 is 5.73 Å². The normalized spacial score (nSPS) is 15.5. The number of carbonyl (C=O) groups excluding carboxylic acids is 1. The van der Waals surface area contributed by atoms with Gasteiger partial charge in [-0.25, -0.2) is 0 Å². The number of nitrogens with two attached hydrogens (primary N) is 1. The summed E-state index contributed by atoms with van der Waals surface area (Å²) in [5.74, 6) is -1.37. The Morgan fingerprint density at radius 1 is 1.64 bits per heavy atom. The van der Waals surface area contributed by atoms with Gasteiger partial charge in [-0.2, -0.15) is 0 Å². The van der Waals surface area contributed by atoms with Crippen LogP contribution >= 0.6 is 0 Å². The molecule has 0 fully saturated rings. The minimum absolute atomic E-state index is 0.183. The molecule has 0 aliphatic rings. The van der Waals surface area contributed by atoms with Gasteiger partial charge in [-0.05, 0) is 0 Å². The van der Waals surface area contributed by atoms with Gasteiger partial charge in [0.05, 0.1) is 6.61 Å². The first kappa shape index (κ1) is 10.1. The van der Waals surface area contributed by atoms with Crippen LogP contribution in [0.15, 0.2) is 0 Å². The zero-order chi connectivity index (χ0) is 8.91. The number of aldehydes is 1. The zero-order valence-corrected chi connectivity index (χ0v) is 5.73. The van der Waals surface area contributed by atoms with Crippen molar-refractivity contribution in [2.24, 2.45) is 11.1 Å². The Morgan fingerprint density at radius 3 is 2.27 bits per heavy atom. The maximum Gasteiger partial charge on any atom is 0.318 e. The van der Waals surface area contributed by atoms with E-state index < -0.39 is 11.4 Å². The van der Waals surface area contributed by atoms with Gasteiger partial charge in [-0.3, -0.25) is 4.79 Å². The van der Waals surface area contributed by atoms with Crippen LogP contribution in [0.2, 0.25) is 0 Å². The lowest BCUT2D eigenvalue weighted by atomic mass is 9.87. The first-order valence-corrected chi connectivity index (χ1v) is 2.84. The van der Waals surface area contributed by atoms with E-state index in [1.165, 1.54) is 0 Å². The average Bonchev–Trinajstić information content (AvgIpc) is 2.00. The Bertz CT molecular complexity index is 159. The van der Waals surface area contributed by atoms with Crippen molar-refractivity contribution in [3.05, 3.63) is 13.2 Å². The maximum atomic E-state index is 10.4. The molecule has 0 aromatic carbocycles. The molecular weight excluding hydrogens is 150 g/mol. The fourth-order valence-electron chi connectivity index (χ4n) is 0.515. The lowest BCUT2D eigenvalue weighted by Gasteiger charge is -2.18. The second-order valence-corrected chi connectivity index (χ2v) is 2.02. The summed E-state index contributed by atoms with van der Waals surface area (Å²) in [5, 5.41) is 16.8. The highest BCUT2D eigenvalue weighted by molar-refractivity contribution is 5.93. The van der Waals surface area contributed by atoms with Gasteiger partial charge >= 0.3 is 5.97 Å². The molecule has 1 unspecified atom stereocenters. The highest BCUT2D eigenvalue weighted by Crippen LogP contribution is 2.21. The monoisotopic (exact) mass is 159 g/mol. The van der Waals surface area contributed by atoms with Gasteiger partial charge in [-0.15, -0.1) is 0 Å². The van der Waals surface area contributed by atoms with Crippen LogP contribution in [0.3, 0.4) is 0 Å². The molecule has 5 nitrogen and oxygen atoms in total. The van der Waals surface area contributed by atoms with Crippen LogP contribution in [0.1, 0.15) is 6.42 Å². The highest BCUT2D eigenvalue weighted by atomic mass is 16.4. The van der Waals surface area contributed by atoms with Crippen molar-refractivity contribution in [3.63, 3.8) is 0 Å². The summed E-state index contributed by atoms with van der Waals surface area (Å²) in [6.07, 6.45) is -0.135. The van der Waals surface area contributed by atoms with E-state index in [4.69, 9.17) is 15.9 Å². The molecule has 0 bridgehead atoms. The first-order valence-electron chi connectivity index (χ1n) is 2.84. The predicted molar refractivity (Wildman–Crippen MR) is 35.5 cm³/mol. The molecule has 4 N–H and O–H groups in total. The molecule has 0 spiro atoms. The molecule has 0 rings (SSSR count). The number of aliphatic carboxylic acids is 1. The fourth-order valence-corrected chi connectivity index (χ4v) is 0.515. The SMILES string of the molecule is N[CH]C(C=O)(C[CH]O)C(=O)O. The van der Waals surface area contributed by atoms with Crippen molar-refractivity contribution in [1.82, 2.24) is 0 Å². The van der Waals surface area contributed by atoms with Crippen LogP contribution in [0.5, 0.6) is 0 Å². The second kappa shape index (κ2) is 4.05. The van der Waals surface area contributed by atoms with E-state index in [1.807, 2.05) is 0 Å². The zero-order valence-electron chi connectivity index (χ0n) is 5.73. The summed E-state index contributed by atoms with van der Waals surface area (Å²) in [6.45, 7) is 1.33. The van der Waals surface area contributed by atoms with E-state index in [1.54, 1.807) is 0 Å². The number of hydrogen-bond donors (Lipinski definition) is 3. The van der Waals surface area contributed by atoms with Gasteiger partial charge in [0.15, 0.2) is 0 Å². The molecule has 0 aliphatic heterocycles. The van der Waals surface area contributed by atoms with E-state index in [9.17, 15) is 9.59 Å². The summed E-state index contributed by atoms with van der Waals surface area (Å²) in [4.78, 5) is 20.7. The number of aliphatic hydroxyl groups excluding tert-OH is 1. The summed E-state index contributed by atoms with van der Waals surface area (Å²) < 4.78 is 0. The Morgan fingerprint density at radius 2 is 2.18 bits per heavy atom. The molecular formula is C6H9NO4. The van der Waals surface area contributed by atoms with Crippen molar-refractivity contribution in [3.8, 4) is 0 Å². The molecule has 0 amide bonds. The molecule has 0 aliphatic carbocycles. The highest BCUT2D eigenvalue weighted by Gasteiger charge is 2.36. The molecule has 11 heavy (non-hydrogen) atoms. The van der Waals surface area contributed by atoms with Gasteiger partial charge in [-0.1, -0.05) is 0 Å². The van der Waals surface area contributed by atoms with Crippen molar-refractivity contribution in [1.29, 1.82) is 0 Å². The first-order chi connectivity index (χ1) is 5.13. The molecule has 62 valence electrons. The van der Waals surface area contributed by atoms with Crippen molar-refractivity contribution in [2.45, 2.75) is 6.42 Å². The van der Waals surface area contributed by atoms with Gasteiger partial charge in [0, 0.05) is 13.0 Å². The van der Waals surface area contributed by atoms with E-state index in [2.05, 4.69) is 0 Å². The van der Waals surface area contributed by atoms with Crippen LogP contribution in [-0.4, -0.2) is 22.5 Å². The van der Waals surface area contributed by atoms with E-state index in [0.717, 1.165) is 6.54 Å². The number of carbonyl (C=O) groups is 2. The molecule has 1 atom stereocenters. The lowest BCUT2D eigenvalue weighted by molar-refractivity contribution is -0.149. The minimum atomic E-state index is -1.78. The fraction of sp³-hybridized carbons (Fsp3) is 0.333. The number of rotatable bonds is 5. The predicted octanol–water partition coefficient (Wildman–Crippen LogP) is -0.699. The number of carboxylic acids is 1. The molecule has 2 radical (unpaired) electrons. The van der Waals surface area contributed by atoms with Gasteiger partial charge in [0.1, 0.15) is 11.7 Å². The Kier molecular flexibility index (Phi) is 3.70. The Hall–Kier alpha value is -0.940. The molecule has 0 saturated heterocycles. The van der Waals surface area contributed by atoms with Crippen LogP contribution in [0.25, 0.3) is 0 Å². The minimum Gasteiger partial charge on any atom is -0.480 e. The largest absolute Gasteiger partial charge is 0.480 e. The summed E-state index contributed by atoms with van der Waals surface area (Å²) >= 11 is 0. The topological polar surface area (TPSA) is 101 Å². The third kappa shape index (κ3) is 1.99. The smallest absolute Gasteiger partial charge is 0.318 e. The molecule has 0 heterocycles. The van der Waals surface area contributed by atoms with Crippen LogP contribution in [-0.2, 0) is 9.59 Å². The van der Waals surface area contributed by atoms with Crippen LogP contribution in [0, 0.1) is 18.6 Å². The lowest BCUT2D eigenvalue weighted by Crippen LogP contribution is -2.36. The number of hydrogen-bond acceptors (Lipinski definition) is 4. The number of aliphatic hydroxyl groups is 1. The molecule has 5 heteroatoms. The van der Waals surface area contributed by atoms with E-state index in [0.29, 0.717) is 6.61 Å². The standard InChI is InChI=1S/C6H9NO4/c7-3-6(4-9,1-2-8)5(10)11/h2-4,8H,1,7H2,(H,10,11). The summed E-state index contributed by atoms with van der Waals surface area (Å²) in [5.41, 5.74) is 3.15. The molecule has 0 aromatic heterocycles. The Balaban J connectivity index is 4.45. The maximum absolute atomic E-state index is 10.4. The van der Waals surface area contributed by atoms with Gasteiger partial charge in [0.25, 0.3) is 0 Å². The molecule has 0 aromatic rings. The Labute approximate surface area is 63.8 Å². The summed E-state index contributed by atoms with van der Waals surface area (Å²) in [7, 11) is 0. The second-order valence-electron chi connectivity index (χ2n) is 2.02. The van der Waals surface area contributed by atoms with E-state index in [-0.39, 0.29) is 12.7 Å². The van der Waals surface area contributed by atoms with Gasteiger partial charge in [0.2, 0.25) is 0 Å². The third-order valence-corrected chi connectivity index (χ3v) is 1.33. The quantitative estimate of drug-likeness (QED) is 0.364. The average molecular weight is 159 g/mol.